The summed E-state index contributed by atoms with van der Waals surface area (Å²) in [6.45, 7) is 4.55. The van der Waals surface area contributed by atoms with Crippen LogP contribution in [-0.4, -0.2) is 50.9 Å². The molecule has 3 aliphatic rings. The number of nitrogens with one attached hydrogen (secondary N) is 1. The zero-order valence-corrected chi connectivity index (χ0v) is 16.7. The van der Waals surface area contributed by atoms with Gasteiger partial charge in [-0.1, -0.05) is 18.2 Å². The van der Waals surface area contributed by atoms with Gasteiger partial charge in [0.25, 0.3) is 0 Å². The van der Waals surface area contributed by atoms with Gasteiger partial charge >= 0.3 is 0 Å². The summed E-state index contributed by atoms with van der Waals surface area (Å²) in [5, 5.41) is 7.98. The molecule has 6 nitrogen and oxygen atoms in total. The average Bonchev–Trinajstić information content (AvgIpc) is 3.15. The van der Waals surface area contributed by atoms with Crippen molar-refractivity contribution in [3.63, 3.8) is 0 Å². The Kier molecular flexibility index (Phi) is 3.87. The monoisotopic (exact) mass is 390 g/mol. The highest BCUT2D eigenvalue weighted by Crippen LogP contribution is 2.41. The van der Waals surface area contributed by atoms with E-state index in [1.54, 1.807) is 11.0 Å². The smallest absolute Gasteiger partial charge is 0.246 e. The first-order valence-corrected chi connectivity index (χ1v) is 10.6. The van der Waals surface area contributed by atoms with Crippen molar-refractivity contribution >= 4 is 17.3 Å². The first-order valence-electron chi connectivity index (χ1n) is 10.6. The van der Waals surface area contributed by atoms with Crippen LogP contribution in [0, 0.1) is 6.92 Å². The molecule has 2 atom stereocenters. The maximum atomic E-state index is 4.58. The van der Waals surface area contributed by atoms with Crippen LogP contribution >= 0.6 is 0 Å². The van der Waals surface area contributed by atoms with Crippen molar-refractivity contribution < 1.29 is 2.85 Å². The molecule has 3 fully saturated rings. The van der Waals surface area contributed by atoms with Gasteiger partial charge in [-0.25, -0.2) is 4.68 Å². The van der Waals surface area contributed by atoms with Crippen LogP contribution in [0.3, 0.4) is 0 Å². The Morgan fingerprint density at radius 3 is 2.59 bits per heavy atom. The van der Waals surface area contributed by atoms with Gasteiger partial charge in [0.05, 0.1) is 5.69 Å². The largest absolute Gasteiger partial charge is 0.366 e. The van der Waals surface area contributed by atoms with E-state index in [-0.39, 0.29) is 2.85 Å². The molecule has 3 heterocycles. The van der Waals surface area contributed by atoms with Crippen molar-refractivity contribution in [2.75, 3.05) is 23.3 Å². The van der Waals surface area contributed by atoms with E-state index in [1.807, 2.05) is 30.3 Å². The van der Waals surface area contributed by atoms with Gasteiger partial charge in [0.2, 0.25) is 5.95 Å². The van der Waals surface area contributed by atoms with E-state index in [0.717, 1.165) is 30.0 Å². The molecule has 1 aliphatic carbocycles. The summed E-state index contributed by atoms with van der Waals surface area (Å²) in [5.74, 6) is 0.619. The Hall–Kier alpha value is -2.86. The third-order valence-corrected chi connectivity index (χ3v) is 6.46. The van der Waals surface area contributed by atoms with E-state index in [9.17, 15) is 0 Å². The number of hydrogen-bond donors (Lipinski definition) is 1. The topological polar surface area (TPSA) is 49.2 Å². The normalized spacial score (nSPS) is 23.7. The lowest BCUT2D eigenvalue weighted by Crippen LogP contribution is -2.47. The highest BCUT2D eigenvalue weighted by atomic mass is 15.4. The molecule has 2 bridgehead atoms. The van der Waals surface area contributed by atoms with E-state index in [0.29, 0.717) is 12.0 Å². The lowest BCUT2D eigenvalue weighted by Gasteiger charge is -2.36. The van der Waals surface area contributed by atoms with Gasteiger partial charge in [0, 0.05) is 45.4 Å². The van der Waals surface area contributed by atoms with Crippen LogP contribution in [0.2, 0.25) is 0 Å². The van der Waals surface area contributed by atoms with Crippen LogP contribution in [-0.2, 0) is 0 Å². The van der Waals surface area contributed by atoms with Crippen molar-refractivity contribution in [2.45, 2.75) is 44.3 Å². The van der Waals surface area contributed by atoms with Gasteiger partial charge in [-0.2, -0.15) is 4.98 Å². The molecule has 1 N–H and O–H groups in total. The number of piperazine rings is 1. The van der Waals surface area contributed by atoms with Gasteiger partial charge in [-0.15, -0.1) is 5.10 Å². The fourth-order valence-electron chi connectivity index (χ4n) is 5.02. The summed E-state index contributed by atoms with van der Waals surface area (Å²) >= 11 is 0. The van der Waals surface area contributed by atoms with E-state index >= 15 is 0 Å². The van der Waals surface area contributed by atoms with E-state index in [1.165, 1.54) is 37.1 Å². The van der Waals surface area contributed by atoms with Gasteiger partial charge in [-0.3, -0.25) is 4.90 Å². The van der Waals surface area contributed by atoms with Crippen LogP contribution in [0.5, 0.6) is 0 Å². The molecule has 152 valence electrons. The highest BCUT2D eigenvalue weighted by Gasteiger charge is 2.48. The molecule has 2 saturated heterocycles. The maximum absolute atomic E-state index is 4.58. The average molecular weight is 391 g/mol. The molecule has 0 radical (unpaired) electrons. The summed E-state index contributed by atoms with van der Waals surface area (Å²) in [7, 11) is 0. The summed E-state index contributed by atoms with van der Waals surface area (Å²) in [6.07, 6.45) is 5.88. The van der Waals surface area contributed by atoms with Crippen LogP contribution < -0.4 is 10.2 Å². The quantitative estimate of drug-likeness (QED) is 0.706. The summed E-state index contributed by atoms with van der Waals surface area (Å²) in [6, 6.07) is 19.1. The molecule has 29 heavy (non-hydrogen) atoms. The Morgan fingerprint density at radius 1 is 0.966 bits per heavy atom. The van der Waals surface area contributed by atoms with Crippen molar-refractivity contribution in [1.29, 1.82) is 0 Å². The van der Waals surface area contributed by atoms with Gasteiger partial charge in [-0.05, 0) is 62.1 Å². The van der Waals surface area contributed by atoms with Crippen molar-refractivity contribution in [2.24, 2.45) is 0 Å². The minimum Gasteiger partial charge on any atom is -0.366 e. The minimum absolute atomic E-state index is 0. The third-order valence-electron chi connectivity index (χ3n) is 6.46. The molecule has 2 aromatic carbocycles. The number of fused-ring (bicyclic) bond motifs is 2. The van der Waals surface area contributed by atoms with Crippen LogP contribution in [0.1, 0.15) is 27.7 Å². The first-order chi connectivity index (χ1) is 14.2. The molecule has 0 amide bonds. The Balaban J connectivity index is 0.00000116. The Labute approximate surface area is 174 Å². The number of para-hydroxylation sites is 1. The van der Waals surface area contributed by atoms with Crippen molar-refractivity contribution in [1.82, 2.24) is 19.7 Å². The van der Waals surface area contributed by atoms with E-state index in [4.69, 9.17) is 0 Å². The number of likely N-dealkylation sites (tertiary alicyclic amines) is 1. The van der Waals surface area contributed by atoms with Gasteiger partial charge in [0.1, 0.15) is 6.33 Å². The third kappa shape index (κ3) is 3.17. The fourth-order valence-corrected chi connectivity index (χ4v) is 5.02. The summed E-state index contributed by atoms with van der Waals surface area (Å²) < 4.78 is 1.80. The van der Waals surface area contributed by atoms with E-state index < -0.39 is 0 Å². The second kappa shape index (κ2) is 6.59. The number of nitrogens with zero attached hydrogens (tertiary/aromatic N) is 5. The van der Waals surface area contributed by atoms with Crippen LogP contribution in [0.15, 0.2) is 54.9 Å². The number of hydrogen-bond acceptors (Lipinski definition) is 5. The van der Waals surface area contributed by atoms with E-state index in [2.05, 4.69) is 50.3 Å². The van der Waals surface area contributed by atoms with Gasteiger partial charge in [0.15, 0.2) is 0 Å². The Morgan fingerprint density at radius 2 is 1.83 bits per heavy atom. The zero-order chi connectivity index (χ0) is 19.4. The van der Waals surface area contributed by atoms with Crippen molar-refractivity contribution in [3.8, 4) is 5.69 Å². The highest BCUT2D eigenvalue weighted by molar-refractivity contribution is 5.65. The Bertz CT molecular complexity index is 1040. The minimum atomic E-state index is 0. The molecule has 6 heteroatoms. The van der Waals surface area contributed by atoms with Gasteiger partial charge < -0.3 is 10.2 Å². The molecular formula is C23H30N6. The zero-order valence-electron chi connectivity index (χ0n) is 16.7. The fraction of sp³-hybridized carbons (Fsp3) is 0.391. The molecule has 1 saturated carbocycles. The molecule has 1 unspecified atom stereocenters. The predicted molar refractivity (Wildman–Crippen MR) is 119 cm³/mol. The maximum Gasteiger partial charge on any atom is 0.246 e. The number of aryl methyl sites for hydroxylation is 1. The lowest BCUT2D eigenvalue weighted by molar-refractivity contribution is 0.229. The number of anilines is 3. The second-order valence-electron chi connectivity index (χ2n) is 8.65. The van der Waals surface area contributed by atoms with Crippen molar-refractivity contribution in [3.05, 3.63) is 60.4 Å². The number of aromatic nitrogens is 3. The first kappa shape index (κ1) is 17.0. The molecule has 1 aromatic heterocycles. The lowest BCUT2D eigenvalue weighted by atomic mass is 10.1. The summed E-state index contributed by atoms with van der Waals surface area (Å²) in [4.78, 5) is 9.81. The molecule has 6 rings (SSSR count). The number of rotatable bonds is 5. The molecular weight excluding hydrogens is 360 g/mol. The predicted octanol–water partition coefficient (Wildman–Crippen LogP) is 4.24. The summed E-state index contributed by atoms with van der Waals surface area (Å²) in [5.41, 5.74) is 4.63. The van der Waals surface area contributed by atoms with Crippen LogP contribution in [0.25, 0.3) is 5.69 Å². The molecule has 3 aromatic rings. The molecule has 0 spiro atoms. The van der Waals surface area contributed by atoms with Crippen LogP contribution in [0.4, 0.5) is 17.3 Å². The number of benzene rings is 2. The SMILES string of the molecule is Cc1cc(Nc2ncn(-c3ccccc3)n2)cc(N2C[C@@H]3CC2CN3C2CC2)c1.[HH].[HH]. The standard InChI is InChI=1S/C23H26N6.2H2/c1-16-9-17(25-23-24-15-29(26-23)19-5-3-2-4-6-19)11-20(10-16)28-14-21-12-22(28)13-27(21)18-7-8-18;;/h2-6,9-11,15,18,21-22H,7-8,12-14H2,1H3,(H,25,26);2*1H/t21-,22?;;/m0../s1. The molecule has 2 aliphatic heterocycles. The second-order valence-corrected chi connectivity index (χ2v) is 8.65.